The lowest BCUT2D eigenvalue weighted by Crippen LogP contribution is -2.63. The van der Waals surface area contributed by atoms with Crippen molar-refractivity contribution in [3.05, 3.63) is 82.0 Å². The summed E-state index contributed by atoms with van der Waals surface area (Å²) in [5.74, 6) is -2.58. The highest BCUT2D eigenvalue weighted by Gasteiger charge is 2.53. The third-order valence-electron chi connectivity index (χ3n) is 5.88. The van der Waals surface area contributed by atoms with Gasteiger partial charge in [-0.3, -0.25) is 0 Å². The molecule has 2 heterocycles. The van der Waals surface area contributed by atoms with Gasteiger partial charge in [-0.05, 0) is 53.9 Å². The standard InChI is InChI=1S/C24H25FO6S/c1-13-2-5-16(24(30)23(29)22(28)21(27)19(12-26)31-24)10-15(13)11-18-8-9-20(32-18)14-3-6-17(25)7-4-14/h2-10,19,21-23,26-30H,11-12H2,1H3/t19-,21+,22+,23-,24+/m1/s1. The summed E-state index contributed by atoms with van der Waals surface area (Å²) in [6, 6.07) is 15.3. The topological polar surface area (TPSA) is 110 Å². The average molecular weight is 461 g/mol. The highest BCUT2D eigenvalue weighted by molar-refractivity contribution is 7.15. The Morgan fingerprint density at radius 1 is 1.00 bits per heavy atom. The molecule has 4 rings (SSSR count). The Morgan fingerprint density at radius 3 is 2.41 bits per heavy atom. The highest BCUT2D eigenvalue weighted by Crippen LogP contribution is 2.38. The van der Waals surface area contributed by atoms with Crippen molar-refractivity contribution in [1.82, 2.24) is 0 Å². The smallest absolute Gasteiger partial charge is 0.222 e. The zero-order valence-corrected chi connectivity index (χ0v) is 18.2. The lowest BCUT2D eigenvalue weighted by atomic mass is 9.86. The SMILES string of the molecule is Cc1ccc([C@]2(O)O[C@H](CO)[C@H](O)[C@H](O)[C@H]2O)cc1Cc1ccc(-c2ccc(F)cc2)s1. The molecule has 0 spiro atoms. The molecule has 0 saturated carbocycles. The van der Waals surface area contributed by atoms with Crippen LogP contribution in [-0.4, -0.2) is 56.6 Å². The van der Waals surface area contributed by atoms with Gasteiger partial charge in [0.05, 0.1) is 6.61 Å². The van der Waals surface area contributed by atoms with Crippen LogP contribution in [0, 0.1) is 12.7 Å². The van der Waals surface area contributed by atoms with Gasteiger partial charge < -0.3 is 30.3 Å². The van der Waals surface area contributed by atoms with Crippen LogP contribution in [0.2, 0.25) is 0 Å². The van der Waals surface area contributed by atoms with E-state index in [0.29, 0.717) is 6.42 Å². The van der Waals surface area contributed by atoms with Crippen LogP contribution in [0.3, 0.4) is 0 Å². The van der Waals surface area contributed by atoms with E-state index in [2.05, 4.69) is 0 Å². The monoisotopic (exact) mass is 460 g/mol. The largest absolute Gasteiger partial charge is 0.394 e. The maximum absolute atomic E-state index is 13.2. The second-order valence-corrected chi connectivity index (χ2v) is 9.22. The van der Waals surface area contributed by atoms with Crippen molar-refractivity contribution in [2.45, 2.75) is 43.5 Å². The number of benzene rings is 2. The Kier molecular flexibility index (Phi) is 6.46. The van der Waals surface area contributed by atoms with Gasteiger partial charge in [-0.15, -0.1) is 11.3 Å². The minimum atomic E-state index is -2.29. The molecule has 0 bridgehead atoms. The first kappa shape index (κ1) is 23.0. The van der Waals surface area contributed by atoms with Crippen molar-refractivity contribution in [3.63, 3.8) is 0 Å². The van der Waals surface area contributed by atoms with E-state index >= 15 is 0 Å². The number of aryl methyl sites for hydroxylation is 1. The Morgan fingerprint density at radius 2 is 1.72 bits per heavy atom. The first-order chi connectivity index (χ1) is 15.2. The van der Waals surface area contributed by atoms with E-state index in [1.807, 2.05) is 19.1 Å². The van der Waals surface area contributed by atoms with E-state index < -0.39 is 36.8 Å². The van der Waals surface area contributed by atoms with E-state index in [1.165, 1.54) is 12.1 Å². The molecule has 1 fully saturated rings. The molecule has 1 aliphatic rings. The van der Waals surface area contributed by atoms with Gasteiger partial charge in [-0.1, -0.05) is 24.3 Å². The maximum atomic E-state index is 13.2. The second kappa shape index (κ2) is 8.99. The molecule has 1 saturated heterocycles. The fourth-order valence-electron chi connectivity index (χ4n) is 3.91. The fourth-order valence-corrected chi connectivity index (χ4v) is 4.94. The Labute approximate surface area is 188 Å². The van der Waals surface area contributed by atoms with Crippen LogP contribution in [0.15, 0.2) is 54.6 Å². The molecule has 32 heavy (non-hydrogen) atoms. The number of hydrogen-bond acceptors (Lipinski definition) is 7. The summed E-state index contributed by atoms with van der Waals surface area (Å²) in [4.78, 5) is 2.05. The molecule has 8 heteroatoms. The molecule has 1 aromatic heterocycles. The van der Waals surface area contributed by atoms with Crippen LogP contribution in [-0.2, 0) is 16.9 Å². The van der Waals surface area contributed by atoms with Crippen molar-refractivity contribution < 1.29 is 34.7 Å². The third kappa shape index (κ3) is 4.23. The highest BCUT2D eigenvalue weighted by atomic mass is 32.1. The molecular weight excluding hydrogens is 435 g/mol. The summed E-state index contributed by atoms with van der Waals surface area (Å²) in [6.07, 6.45) is -5.73. The molecule has 5 atom stereocenters. The molecule has 0 amide bonds. The lowest BCUT2D eigenvalue weighted by Gasteiger charge is -2.45. The molecule has 3 aromatic rings. The van der Waals surface area contributed by atoms with E-state index in [1.54, 1.807) is 41.7 Å². The normalized spacial score (nSPS) is 28.1. The minimum Gasteiger partial charge on any atom is -0.394 e. The predicted octanol–water partition coefficient (Wildman–Crippen LogP) is 2.07. The Bertz CT molecular complexity index is 1080. The van der Waals surface area contributed by atoms with Crippen molar-refractivity contribution in [3.8, 4) is 10.4 Å². The minimum absolute atomic E-state index is 0.213. The van der Waals surface area contributed by atoms with Crippen molar-refractivity contribution >= 4 is 11.3 Å². The van der Waals surface area contributed by atoms with Gasteiger partial charge in [0.15, 0.2) is 0 Å². The summed E-state index contributed by atoms with van der Waals surface area (Å²) in [7, 11) is 0. The van der Waals surface area contributed by atoms with Crippen LogP contribution in [0.4, 0.5) is 4.39 Å². The van der Waals surface area contributed by atoms with Gasteiger partial charge in [0.2, 0.25) is 5.79 Å². The van der Waals surface area contributed by atoms with Gasteiger partial charge in [0.1, 0.15) is 30.2 Å². The molecule has 170 valence electrons. The summed E-state index contributed by atoms with van der Waals surface area (Å²) in [5, 5.41) is 51.1. The molecule has 2 aromatic carbocycles. The molecule has 6 nitrogen and oxygen atoms in total. The molecule has 5 N–H and O–H groups in total. The van der Waals surface area contributed by atoms with Gasteiger partial charge in [0.25, 0.3) is 0 Å². The number of ether oxygens (including phenoxy) is 1. The quantitative estimate of drug-likeness (QED) is 0.399. The lowest BCUT2D eigenvalue weighted by molar-refractivity contribution is -0.357. The summed E-state index contributed by atoms with van der Waals surface area (Å²) in [5.41, 5.74) is 2.97. The number of hydrogen-bond donors (Lipinski definition) is 5. The molecule has 0 aliphatic carbocycles. The van der Waals surface area contributed by atoms with E-state index in [-0.39, 0.29) is 11.4 Å². The molecule has 1 aliphatic heterocycles. The van der Waals surface area contributed by atoms with Crippen LogP contribution >= 0.6 is 11.3 Å². The fraction of sp³-hybridized carbons (Fsp3) is 0.333. The number of aliphatic hydroxyl groups excluding tert-OH is 4. The Hall–Kier alpha value is -2.17. The summed E-state index contributed by atoms with van der Waals surface area (Å²) >= 11 is 1.57. The molecule has 0 unspecified atom stereocenters. The van der Waals surface area contributed by atoms with Gasteiger partial charge in [-0.25, -0.2) is 4.39 Å². The number of halogens is 1. The van der Waals surface area contributed by atoms with Crippen LogP contribution in [0.5, 0.6) is 0 Å². The zero-order valence-electron chi connectivity index (χ0n) is 17.4. The van der Waals surface area contributed by atoms with E-state index in [9.17, 15) is 29.9 Å². The van der Waals surface area contributed by atoms with Gasteiger partial charge in [0, 0.05) is 21.7 Å². The van der Waals surface area contributed by atoms with Crippen molar-refractivity contribution in [2.24, 2.45) is 0 Å². The number of rotatable bonds is 5. The van der Waals surface area contributed by atoms with Gasteiger partial charge in [-0.2, -0.15) is 0 Å². The van der Waals surface area contributed by atoms with Gasteiger partial charge >= 0.3 is 0 Å². The van der Waals surface area contributed by atoms with E-state index in [4.69, 9.17) is 4.74 Å². The van der Waals surface area contributed by atoms with E-state index in [0.717, 1.165) is 26.4 Å². The van der Waals surface area contributed by atoms with Crippen molar-refractivity contribution in [1.29, 1.82) is 0 Å². The predicted molar refractivity (Wildman–Crippen MR) is 118 cm³/mol. The molecule has 0 radical (unpaired) electrons. The maximum Gasteiger partial charge on any atom is 0.222 e. The third-order valence-corrected chi connectivity index (χ3v) is 7.02. The zero-order chi connectivity index (χ0) is 23.0. The average Bonchev–Trinajstić information content (AvgIpc) is 3.25. The molecular formula is C24H25FO6S. The van der Waals surface area contributed by atoms with Crippen molar-refractivity contribution in [2.75, 3.05) is 6.61 Å². The first-order valence-electron chi connectivity index (χ1n) is 10.2. The van der Waals surface area contributed by atoms with Crippen LogP contribution < -0.4 is 0 Å². The number of thiophene rings is 1. The summed E-state index contributed by atoms with van der Waals surface area (Å²) < 4.78 is 18.6. The summed E-state index contributed by atoms with van der Waals surface area (Å²) in [6.45, 7) is 1.29. The Balaban J connectivity index is 1.61. The second-order valence-electron chi connectivity index (χ2n) is 8.05. The first-order valence-corrected chi connectivity index (χ1v) is 11.0. The number of aliphatic hydroxyl groups is 5. The van der Waals surface area contributed by atoms with Crippen LogP contribution in [0.25, 0.3) is 10.4 Å². The van der Waals surface area contributed by atoms with Crippen LogP contribution in [0.1, 0.15) is 21.6 Å².